The Bertz CT molecular complexity index is 1050. The molecule has 3 N–H and O–H groups in total. The molecule has 136 valence electrons. The molecule has 0 saturated heterocycles. The van der Waals surface area contributed by atoms with Crippen molar-refractivity contribution in [2.75, 3.05) is 11.9 Å². The molecule has 1 unspecified atom stereocenters. The summed E-state index contributed by atoms with van der Waals surface area (Å²) in [5.74, 6) is 0. The fraction of sp³-hybridized carbons (Fsp3) is 0.150. The lowest BCUT2D eigenvalue weighted by Gasteiger charge is -2.12. The molecule has 0 aliphatic carbocycles. The molecule has 0 spiro atoms. The van der Waals surface area contributed by atoms with E-state index in [1.54, 1.807) is 6.20 Å². The SMILES string of the molecule is NC(CNc1nnc(-c2ccc3cnccc3c2)s1)Cc1ccc(Cl)cc1. The van der Waals surface area contributed by atoms with Crippen LogP contribution in [0.4, 0.5) is 5.13 Å². The van der Waals surface area contributed by atoms with Crippen LogP contribution in [0.3, 0.4) is 0 Å². The van der Waals surface area contributed by atoms with Crippen molar-refractivity contribution in [1.82, 2.24) is 15.2 Å². The third-order valence-corrected chi connectivity index (χ3v) is 5.42. The Morgan fingerprint density at radius 1 is 1.04 bits per heavy atom. The zero-order chi connectivity index (χ0) is 18.6. The molecule has 0 aliphatic rings. The summed E-state index contributed by atoms with van der Waals surface area (Å²) in [5.41, 5.74) is 8.44. The van der Waals surface area contributed by atoms with E-state index in [1.165, 1.54) is 11.3 Å². The second kappa shape index (κ2) is 8.00. The number of hydrogen-bond acceptors (Lipinski definition) is 6. The first kappa shape index (κ1) is 17.9. The number of aromatic nitrogens is 3. The molecule has 4 aromatic rings. The smallest absolute Gasteiger partial charge is 0.206 e. The number of rotatable bonds is 6. The summed E-state index contributed by atoms with van der Waals surface area (Å²) in [6.07, 6.45) is 4.42. The lowest BCUT2D eigenvalue weighted by Crippen LogP contribution is -2.31. The van der Waals surface area contributed by atoms with E-state index < -0.39 is 0 Å². The van der Waals surface area contributed by atoms with Gasteiger partial charge in [-0.3, -0.25) is 4.98 Å². The van der Waals surface area contributed by atoms with Gasteiger partial charge in [0.2, 0.25) is 5.13 Å². The number of fused-ring (bicyclic) bond motifs is 1. The van der Waals surface area contributed by atoms with Gasteiger partial charge in [0.25, 0.3) is 0 Å². The van der Waals surface area contributed by atoms with E-state index in [9.17, 15) is 0 Å². The van der Waals surface area contributed by atoms with Gasteiger partial charge in [-0.25, -0.2) is 0 Å². The molecule has 0 amide bonds. The summed E-state index contributed by atoms with van der Waals surface area (Å²) in [7, 11) is 0. The molecule has 2 heterocycles. The molecule has 1 atom stereocenters. The van der Waals surface area contributed by atoms with Crippen molar-refractivity contribution in [3.63, 3.8) is 0 Å². The maximum Gasteiger partial charge on any atom is 0.206 e. The number of nitrogens with zero attached hydrogens (tertiary/aromatic N) is 3. The van der Waals surface area contributed by atoms with E-state index in [-0.39, 0.29) is 6.04 Å². The highest BCUT2D eigenvalue weighted by molar-refractivity contribution is 7.18. The number of halogens is 1. The van der Waals surface area contributed by atoms with Gasteiger partial charge in [-0.05, 0) is 41.6 Å². The molecule has 27 heavy (non-hydrogen) atoms. The molecule has 5 nitrogen and oxygen atoms in total. The van der Waals surface area contributed by atoms with Gasteiger partial charge in [-0.15, -0.1) is 10.2 Å². The van der Waals surface area contributed by atoms with Crippen LogP contribution in [0.1, 0.15) is 5.56 Å². The first-order valence-electron chi connectivity index (χ1n) is 8.59. The van der Waals surface area contributed by atoms with E-state index in [0.29, 0.717) is 6.54 Å². The third kappa shape index (κ3) is 4.42. The van der Waals surface area contributed by atoms with Crippen LogP contribution in [-0.2, 0) is 6.42 Å². The second-order valence-electron chi connectivity index (χ2n) is 6.32. The number of pyridine rings is 1. The minimum absolute atomic E-state index is 0.0216. The van der Waals surface area contributed by atoms with Crippen LogP contribution in [0.15, 0.2) is 60.9 Å². The summed E-state index contributed by atoms with van der Waals surface area (Å²) < 4.78 is 0. The van der Waals surface area contributed by atoms with Gasteiger partial charge < -0.3 is 11.1 Å². The van der Waals surface area contributed by atoms with Crippen LogP contribution >= 0.6 is 22.9 Å². The number of nitrogens with one attached hydrogen (secondary N) is 1. The zero-order valence-corrected chi connectivity index (χ0v) is 16.0. The zero-order valence-electron chi connectivity index (χ0n) is 14.5. The summed E-state index contributed by atoms with van der Waals surface area (Å²) >= 11 is 7.44. The highest BCUT2D eigenvalue weighted by atomic mass is 35.5. The maximum absolute atomic E-state index is 6.23. The van der Waals surface area contributed by atoms with Crippen LogP contribution in [0.25, 0.3) is 21.3 Å². The molecule has 0 fully saturated rings. The van der Waals surface area contributed by atoms with Crippen molar-refractivity contribution in [1.29, 1.82) is 0 Å². The standard InChI is InChI=1S/C20H18ClN5S/c21-17-5-1-13(2-6-17)9-18(22)12-24-20-26-25-19(27-20)15-3-4-16-11-23-8-7-14(16)10-15/h1-8,10-11,18H,9,12,22H2,(H,24,26). The van der Waals surface area contributed by atoms with Gasteiger partial charge in [-0.2, -0.15) is 0 Å². The van der Waals surface area contributed by atoms with Crippen molar-refractivity contribution in [2.24, 2.45) is 5.73 Å². The molecule has 2 aromatic heterocycles. The quantitative estimate of drug-likeness (QED) is 0.506. The molecule has 0 radical (unpaired) electrons. The average Bonchev–Trinajstić information content (AvgIpc) is 3.17. The second-order valence-corrected chi connectivity index (χ2v) is 7.74. The molecular formula is C20H18ClN5S. The highest BCUT2D eigenvalue weighted by Gasteiger charge is 2.09. The van der Waals surface area contributed by atoms with Crippen molar-refractivity contribution in [3.8, 4) is 10.6 Å². The van der Waals surface area contributed by atoms with Gasteiger partial charge in [0, 0.05) is 41.0 Å². The van der Waals surface area contributed by atoms with Crippen molar-refractivity contribution in [3.05, 3.63) is 71.5 Å². The molecule has 0 saturated carbocycles. The first-order valence-corrected chi connectivity index (χ1v) is 9.78. The van der Waals surface area contributed by atoms with Gasteiger partial charge in [0.15, 0.2) is 0 Å². The van der Waals surface area contributed by atoms with E-state index in [0.717, 1.165) is 43.5 Å². The Kier molecular flexibility index (Phi) is 5.29. The fourth-order valence-electron chi connectivity index (χ4n) is 2.84. The molecule has 4 rings (SSSR count). The monoisotopic (exact) mass is 395 g/mol. The molecule has 0 aliphatic heterocycles. The third-order valence-electron chi connectivity index (χ3n) is 4.24. The number of hydrogen-bond donors (Lipinski definition) is 2. The predicted octanol–water partition coefficient (Wildman–Crippen LogP) is 4.39. The topological polar surface area (TPSA) is 76.7 Å². The summed E-state index contributed by atoms with van der Waals surface area (Å²) in [6.45, 7) is 0.626. The molecular weight excluding hydrogens is 378 g/mol. The fourth-order valence-corrected chi connectivity index (χ4v) is 3.71. The number of benzene rings is 2. The summed E-state index contributed by atoms with van der Waals surface area (Å²) in [4.78, 5) is 4.14. The molecule has 0 bridgehead atoms. The molecule has 7 heteroatoms. The minimum Gasteiger partial charge on any atom is -0.359 e. The predicted molar refractivity (Wildman–Crippen MR) is 112 cm³/mol. The van der Waals surface area contributed by atoms with Crippen LogP contribution in [0, 0.1) is 0 Å². The first-order chi connectivity index (χ1) is 13.2. The van der Waals surface area contributed by atoms with E-state index >= 15 is 0 Å². The molecule has 2 aromatic carbocycles. The average molecular weight is 396 g/mol. The van der Waals surface area contributed by atoms with E-state index in [1.807, 2.05) is 48.7 Å². The summed E-state index contributed by atoms with van der Waals surface area (Å²) in [5, 5.41) is 16.4. The Morgan fingerprint density at radius 2 is 1.89 bits per heavy atom. The highest BCUT2D eigenvalue weighted by Crippen LogP contribution is 2.28. The number of anilines is 1. The van der Waals surface area contributed by atoms with Crippen molar-refractivity contribution < 1.29 is 0 Å². The lowest BCUT2D eigenvalue weighted by molar-refractivity contribution is 0.698. The van der Waals surface area contributed by atoms with Crippen molar-refractivity contribution in [2.45, 2.75) is 12.5 Å². The van der Waals surface area contributed by atoms with Gasteiger partial charge in [-0.1, -0.05) is 47.2 Å². The van der Waals surface area contributed by atoms with Gasteiger partial charge in [0.1, 0.15) is 5.01 Å². The largest absolute Gasteiger partial charge is 0.359 e. The lowest BCUT2D eigenvalue weighted by atomic mass is 10.1. The van der Waals surface area contributed by atoms with E-state index in [2.05, 4.69) is 26.6 Å². The Hall–Kier alpha value is -2.54. The Morgan fingerprint density at radius 3 is 2.74 bits per heavy atom. The van der Waals surface area contributed by atoms with Crippen molar-refractivity contribution >= 4 is 38.8 Å². The van der Waals surface area contributed by atoms with Crippen LogP contribution in [0.2, 0.25) is 5.02 Å². The van der Waals surface area contributed by atoms with Crippen LogP contribution in [0.5, 0.6) is 0 Å². The normalized spacial score (nSPS) is 12.2. The van der Waals surface area contributed by atoms with Gasteiger partial charge in [0.05, 0.1) is 0 Å². The van der Waals surface area contributed by atoms with E-state index in [4.69, 9.17) is 17.3 Å². The Balaban J connectivity index is 1.39. The maximum atomic E-state index is 6.23. The minimum atomic E-state index is -0.0216. The Labute approximate surface area is 166 Å². The van der Waals surface area contributed by atoms with Gasteiger partial charge >= 0.3 is 0 Å². The van der Waals surface area contributed by atoms with Crippen LogP contribution in [-0.4, -0.2) is 27.8 Å². The summed E-state index contributed by atoms with van der Waals surface area (Å²) in [6, 6.07) is 15.9. The number of nitrogens with two attached hydrogens (primary N) is 1. The van der Waals surface area contributed by atoms with Crippen LogP contribution < -0.4 is 11.1 Å².